The van der Waals surface area contributed by atoms with E-state index >= 15 is 0 Å². The summed E-state index contributed by atoms with van der Waals surface area (Å²) in [4.78, 5) is 11.5. The molecule has 1 aliphatic heterocycles. The molecular formula is C13H27ClN2O2. The van der Waals surface area contributed by atoms with Crippen LogP contribution in [0.2, 0.25) is 0 Å². The minimum absolute atomic E-state index is 0. The third-order valence-corrected chi connectivity index (χ3v) is 3.25. The van der Waals surface area contributed by atoms with Crippen LogP contribution in [-0.2, 0) is 9.53 Å². The average molecular weight is 279 g/mol. The molecule has 1 rings (SSSR count). The zero-order valence-electron chi connectivity index (χ0n) is 11.9. The van der Waals surface area contributed by atoms with Crippen LogP contribution < -0.4 is 11.1 Å². The maximum atomic E-state index is 11.5. The SMILES string of the molecule is C[C@H](N)C(=O)NCC1CCCOC1C(C)(C)C.Cl. The van der Waals surface area contributed by atoms with Crippen LogP contribution in [0.15, 0.2) is 0 Å². The fourth-order valence-electron chi connectivity index (χ4n) is 2.40. The van der Waals surface area contributed by atoms with Crippen molar-refractivity contribution >= 4 is 18.3 Å². The Bertz CT molecular complexity index is 264. The third-order valence-electron chi connectivity index (χ3n) is 3.25. The van der Waals surface area contributed by atoms with E-state index in [0.717, 1.165) is 19.4 Å². The van der Waals surface area contributed by atoms with Crippen molar-refractivity contribution in [1.29, 1.82) is 0 Å². The Morgan fingerprint density at radius 1 is 1.50 bits per heavy atom. The molecule has 0 aromatic heterocycles. The van der Waals surface area contributed by atoms with Crippen molar-refractivity contribution in [2.24, 2.45) is 17.1 Å². The molecule has 3 N–H and O–H groups in total. The largest absolute Gasteiger partial charge is 0.377 e. The van der Waals surface area contributed by atoms with Crippen LogP contribution in [0.1, 0.15) is 40.5 Å². The number of hydrogen-bond acceptors (Lipinski definition) is 3. The van der Waals surface area contributed by atoms with Crippen molar-refractivity contribution in [2.45, 2.75) is 52.7 Å². The first-order chi connectivity index (χ1) is 7.82. The Morgan fingerprint density at radius 2 is 2.11 bits per heavy atom. The van der Waals surface area contributed by atoms with Crippen molar-refractivity contribution in [3.05, 3.63) is 0 Å². The van der Waals surface area contributed by atoms with Gasteiger partial charge in [0.05, 0.1) is 12.1 Å². The van der Waals surface area contributed by atoms with Gasteiger partial charge >= 0.3 is 0 Å². The molecule has 1 saturated heterocycles. The molecular weight excluding hydrogens is 252 g/mol. The summed E-state index contributed by atoms with van der Waals surface area (Å²) in [5.74, 6) is 0.315. The Morgan fingerprint density at radius 3 is 2.61 bits per heavy atom. The lowest BCUT2D eigenvalue weighted by Crippen LogP contribution is -2.47. The van der Waals surface area contributed by atoms with Gasteiger partial charge in [-0.25, -0.2) is 0 Å². The molecule has 0 radical (unpaired) electrons. The summed E-state index contributed by atoms with van der Waals surface area (Å²) >= 11 is 0. The lowest BCUT2D eigenvalue weighted by Gasteiger charge is -2.40. The van der Waals surface area contributed by atoms with Crippen LogP contribution in [0.25, 0.3) is 0 Å². The Labute approximate surface area is 116 Å². The zero-order valence-corrected chi connectivity index (χ0v) is 12.7. The number of nitrogens with one attached hydrogen (secondary N) is 1. The Hall–Kier alpha value is -0.320. The van der Waals surface area contributed by atoms with Crippen LogP contribution in [0.5, 0.6) is 0 Å². The van der Waals surface area contributed by atoms with E-state index in [9.17, 15) is 4.79 Å². The fourth-order valence-corrected chi connectivity index (χ4v) is 2.40. The number of halogens is 1. The molecule has 1 amide bonds. The van der Waals surface area contributed by atoms with E-state index in [1.165, 1.54) is 0 Å². The fraction of sp³-hybridized carbons (Fsp3) is 0.923. The summed E-state index contributed by atoms with van der Waals surface area (Å²) in [5, 5.41) is 2.91. The van der Waals surface area contributed by atoms with Gasteiger partial charge in [0.1, 0.15) is 0 Å². The van der Waals surface area contributed by atoms with Gasteiger partial charge in [0.25, 0.3) is 0 Å². The zero-order chi connectivity index (χ0) is 13.1. The van der Waals surface area contributed by atoms with Gasteiger partial charge in [0.15, 0.2) is 0 Å². The first-order valence-corrected chi connectivity index (χ1v) is 6.47. The lowest BCUT2D eigenvalue weighted by molar-refractivity contribution is -0.123. The second-order valence-electron chi connectivity index (χ2n) is 6.09. The van der Waals surface area contributed by atoms with Crippen LogP contribution in [-0.4, -0.2) is 31.2 Å². The van der Waals surface area contributed by atoms with Gasteiger partial charge in [0.2, 0.25) is 5.91 Å². The highest BCUT2D eigenvalue weighted by Crippen LogP contribution is 2.33. The molecule has 18 heavy (non-hydrogen) atoms. The van der Waals surface area contributed by atoms with Crippen LogP contribution in [0.4, 0.5) is 0 Å². The normalized spacial score (nSPS) is 26.1. The lowest BCUT2D eigenvalue weighted by atomic mass is 9.78. The second-order valence-corrected chi connectivity index (χ2v) is 6.09. The van der Waals surface area contributed by atoms with Gasteiger partial charge < -0.3 is 15.8 Å². The molecule has 108 valence electrons. The quantitative estimate of drug-likeness (QED) is 0.826. The highest BCUT2D eigenvalue weighted by atomic mass is 35.5. The minimum atomic E-state index is -0.437. The van der Waals surface area contributed by atoms with Crippen molar-refractivity contribution in [2.75, 3.05) is 13.2 Å². The van der Waals surface area contributed by atoms with E-state index in [1.54, 1.807) is 6.92 Å². The highest BCUT2D eigenvalue weighted by molar-refractivity contribution is 5.85. The van der Waals surface area contributed by atoms with E-state index in [4.69, 9.17) is 10.5 Å². The maximum absolute atomic E-state index is 11.5. The van der Waals surface area contributed by atoms with E-state index in [-0.39, 0.29) is 29.8 Å². The Kier molecular flexibility index (Phi) is 7.18. The van der Waals surface area contributed by atoms with E-state index in [1.807, 2.05) is 0 Å². The molecule has 0 aromatic carbocycles. The minimum Gasteiger partial charge on any atom is -0.377 e. The van der Waals surface area contributed by atoms with Crippen molar-refractivity contribution in [3.8, 4) is 0 Å². The van der Waals surface area contributed by atoms with Gasteiger partial charge in [-0.2, -0.15) is 0 Å². The summed E-state index contributed by atoms with van der Waals surface area (Å²) < 4.78 is 5.87. The van der Waals surface area contributed by atoms with E-state index in [0.29, 0.717) is 12.5 Å². The van der Waals surface area contributed by atoms with Crippen LogP contribution in [0, 0.1) is 11.3 Å². The van der Waals surface area contributed by atoms with Crippen LogP contribution in [0.3, 0.4) is 0 Å². The number of hydrogen-bond donors (Lipinski definition) is 2. The van der Waals surface area contributed by atoms with Crippen molar-refractivity contribution in [3.63, 3.8) is 0 Å². The molecule has 0 spiro atoms. The topological polar surface area (TPSA) is 64.4 Å². The number of nitrogens with two attached hydrogens (primary N) is 1. The standard InChI is InChI=1S/C13H26N2O2.ClH/c1-9(14)12(16)15-8-10-6-5-7-17-11(10)13(2,3)4;/h9-11H,5-8,14H2,1-4H3,(H,15,16);1H/t9-,10?,11?;/m0./s1. The molecule has 0 bridgehead atoms. The predicted molar refractivity (Wildman–Crippen MR) is 75.8 cm³/mol. The van der Waals surface area contributed by atoms with Gasteiger partial charge in [0, 0.05) is 19.1 Å². The Balaban J connectivity index is 0.00000289. The summed E-state index contributed by atoms with van der Waals surface area (Å²) in [5.41, 5.74) is 5.64. The maximum Gasteiger partial charge on any atom is 0.236 e. The number of ether oxygens (including phenoxy) is 1. The molecule has 0 aliphatic carbocycles. The highest BCUT2D eigenvalue weighted by Gasteiger charge is 2.35. The average Bonchev–Trinajstić information content (AvgIpc) is 2.24. The molecule has 3 atom stereocenters. The number of rotatable bonds is 3. The first-order valence-electron chi connectivity index (χ1n) is 6.47. The van der Waals surface area contributed by atoms with Crippen molar-refractivity contribution < 1.29 is 9.53 Å². The molecule has 1 aliphatic rings. The van der Waals surface area contributed by atoms with Crippen LogP contribution >= 0.6 is 12.4 Å². The number of amides is 1. The third kappa shape index (κ3) is 5.12. The van der Waals surface area contributed by atoms with Gasteiger partial charge in [-0.1, -0.05) is 20.8 Å². The predicted octanol–water partition coefficient (Wildman–Crippen LogP) is 1.71. The smallest absolute Gasteiger partial charge is 0.236 e. The van der Waals surface area contributed by atoms with Gasteiger partial charge in [-0.15, -0.1) is 12.4 Å². The van der Waals surface area contributed by atoms with Gasteiger partial charge in [-0.3, -0.25) is 4.79 Å². The number of carbonyl (C=O) groups excluding carboxylic acids is 1. The summed E-state index contributed by atoms with van der Waals surface area (Å²) in [7, 11) is 0. The van der Waals surface area contributed by atoms with E-state index in [2.05, 4.69) is 26.1 Å². The van der Waals surface area contributed by atoms with E-state index < -0.39 is 6.04 Å². The number of carbonyl (C=O) groups is 1. The summed E-state index contributed by atoms with van der Waals surface area (Å²) in [6.07, 6.45) is 2.40. The molecule has 0 aromatic rings. The molecule has 4 nitrogen and oxygen atoms in total. The van der Waals surface area contributed by atoms with Gasteiger partial charge in [-0.05, 0) is 25.2 Å². The van der Waals surface area contributed by atoms with Crippen molar-refractivity contribution in [1.82, 2.24) is 5.32 Å². The monoisotopic (exact) mass is 278 g/mol. The molecule has 5 heteroatoms. The molecule has 1 fully saturated rings. The molecule has 2 unspecified atom stereocenters. The summed E-state index contributed by atoms with van der Waals surface area (Å²) in [6, 6.07) is -0.437. The molecule has 0 saturated carbocycles. The first kappa shape index (κ1) is 17.7. The second kappa shape index (κ2) is 7.31. The molecule has 1 heterocycles. The summed E-state index contributed by atoms with van der Waals surface area (Å²) in [6.45, 7) is 9.76.